The standard InChI is InChI=1S/C9H14N4O4S.CH4O/c1-5-2-6(11-16-4-8(10)14)7-3-12(5)9(15)13(7)17-18;1-2/h5,7,18H,2-4H2,1H3,(H2,10,14);2H,1H3/b11-6-;/t5-,7?;/m1./s1. The molecule has 0 aromatic rings. The first kappa shape index (κ1) is 16.5. The van der Waals surface area contributed by atoms with Gasteiger partial charge in [0.05, 0.1) is 12.3 Å². The lowest BCUT2D eigenvalue weighted by Gasteiger charge is -2.28. The van der Waals surface area contributed by atoms with Crippen molar-refractivity contribution in [1.82, 2.24) is 9.96 Å². The highest BCUT2D eigenvalue weighted by Gasteiger charge is 2.48. The van der Waals surface area contributed by atoms with Crippen LogP contribution in [0, 0.1) is 0 Å². The van der Waals surface area contributed by atoms with Gasteiger partial charge in [0.1, 0.15) is 6.04 Å². The molecule has 10 heteroatoms. The van der Waals surface area contributed by atoms with Gasteiger partial charge in [-0.25, -0.2) is 9.08 Å². The molecule has 2 saturated heterocycles. The van der Waals surface area contributed by atoms with E-state index in [1.807, 2.05) is 6.92 Å². The van der Waals surface area contributed by atoms with Crippen LogP contribution >= 0.6 is 12.9 Å². The third kappa shape index (κ3) is 3.32. The van der Waals surface area contributed by atoms with Crippen LogP contribution < -0.4 is 5.73 Å². The summed E-state index contributed by atoms with van der Waals surface area (Å²) < 4.78 is 4.75. The average molecular weight is 306 g/mol. The molecule has 20 heavy (non-hydrogen) atoms. The van der Waals surface area contributed by atoms with Crippen molar-refractivity contribution in [2.24, 2.45) is 10.9 Å². The van der Waals surface area contributed by atoms with E-state index in [1.165, 1.54) is 0 Å². The first-order valence-corrected chi connectivity index (χ1v) is 6.24. The fourth-order valence-corrected chi connectivity index (χ4v) is 2.31. The van der Waals surface area contributed by atoms with Gasteiger partial charge in [-0.15, -0.1) is 0 Å². The number of fused-ring (bicyclic) bond motifs is 2. The van der Waals surface area contributed by atoms with Gasteiger partial charge in [0.2, 0.25) is 0 Å². The van der Waals surface area contributed by atoms with Crippen LogP contribution in [0.1, 0.15) is 13.3 Å². The number of nitrogens with two attached hydrogens (primary N) is 1. The van der Waals surface area contributed by atoms with E-state index < -0.39 is 5.91 Å². The van der Waals surface area contributed by atoms with Crippen LogP contribution in [0.25, 0.3) is 0 Å². The highest BCUT2D eigenvalue weighted by atomic mass is 32.1. The van der Waals surface area contributed by atoms with Crippen LogP contribution in [-0.4, -0.2) is 65.1 Å². The van der Waals surface area contributed by atoms with Gasteiger partial charge in [0.25, 0.3) is 5.91 Å². The lowest BCUT2D eigenvalue weighted by Crippen LogP contribution is -2.43. The van der Waals surface area contributed by atoms with Crippen molar-refractivity contribution in [2.75, 3.05) is 20.3 Å². The van der Waals surface area contributed by atoms with Crippen LogP contribution in [0.4, 0.5) is 4.79 Å². The van der Waals surface area contributed by atoms with Crippen molar-refractivity contribution in [1.29, 1.82) is 0 Å². The van der Waals surface area contributed by atoms with E-state index in [0.717, 1.165) is 12.2 Å². The SMILES string of the molecule is CO.C[C@@H]1C/C(=N/OCC(N)=O)C2CN1C(=O)N2OS. The minimum Gasteiger partial charge on any atom is -0.400 e. The number of hydroxylamine groups is 2. The summed E-state index contributed by atoms with van der Waals surface area (Å²) in [5.41, 5.74) is 5.58. The van der Waals surface area contributed by atoms with Gasteiger partial charge >= 0.3 is 6.03 Å². The van der Waals surface area contributed by atoms with Crippen molar-refractivity contribution in [3.05, 3.63) is 0 Å². The Morgan fingerprint density at radius 2 is 2.25 bits per heavy atom. The van der Waals surface area contributed by atoms with Crippen molar-refractivity contribution in [3.8, 4) is 0 Å². The Morgan fingerprint density at radius 1 is 1.60 bits per heavy atom. The Balaban J connectivity index is 0.000000956. The van der Waals surface area contributed by atoms with E-state index in [4.69, 9.17) is 20.0 Å². The molecule has 3 amide bonds. The topological polar surface area (TPSA) is 118 Å². The molecular formula is C10H18N4O5S. The van der Waals surface area contributed by atoms with E-state index >= 15 is 0 Å². The lowest BCUT2D eigenvalue weighted by atomic mass is 10.00. The number of carbonyl (C=O) groups is 2. The van der Waals surface area contributed by atoms with Gasteiger partial charge < -0.3 is 20.6 Å². The molecule has 1 unspecified atom stereocenters. The Morgan fingerprint density at radius 3 is 2.80 bits per heavy atom. The minimum absolute atomic E-state index is 0.00170. The minimum atomic E-state index is -0.602. The monoisotopic (exact) mass is 306 g/mol. The molecule has 2 heterocycles. The second-order valence-electron chi connectivity index (χ2n) is 4.23. The van der Waals surface area contributed by atoms with Crippen LogP contribution in [-0.2, 0) is 13.9 Å². The predicted molar refractivity (Wildman–Crippen MR) is 72.6 cm³/mol. The number of oxime groups is 1. The quantitative estimate of drug-likeness (QED) is 0.354. The van der Waals surface area contributed by atoms with Gasteiger partial charge in [-0.3, -0.25) is 4.79 Å². The summed E-state index contributed by atoms with van der Waals surface area (Å²) in [5, 5.41) is 12.0. The van der Waals surface area contributed by atoms with E-state index in [0.29, 0.717) is 18.7 Å². The van der Waals surface area contributed by atoms with Crippen LogP contribution in [0.5, 0.6) is 0 Å². The highest BCUT2D eigenvalue weighted by Crippen LogP contribution is 2.28. The molecule has 0 aromatic heterocycles. The number of hydrogen-bond acceptors (Lipinski definition) is 7. The van der Waals surface area contributed by atoms with Crippen LogP contribution in [0.15, 0.2) is 5.16 Å². The molecule has 0 saturated carbocycles. The van der Waals surface area contributed by atoms with Crippen LogP contribution in [0.2, 0.25) is 0 Å². The number of carbonyl (C=O) groups excluding carboxylic acids is 2. The normalized spacial score (nSPS) is 26.4. The molecule has 2 aliphatic rings. The van der Waals surface area contributed by atoms with Crippen molar-refractivity contribution in [2.45, 2.75) is 25.4 Å². The number of hydrogen-bond donors (Lipinski definition) is 3. The number of piperidine rings is 1. The smallest absolute Gasteiger partial charge is 0.345 e. The summed E-state index contributed by atoms with van der Waals surface area (Å²) >= 11 is 3.66. The molecule has 2 fully saturated rings. The third-order valence-corrected chi connectivity index (χ3v) is 3.16. The van der Waals surface area contributed by atoms with Crippen molar-refractivity contribution < 1.29 is 23.8 Å². The van der Waals surface area contributed by atoms with Gasteiger partial charge in [-0.05, 0) is 6.92 Å². The van der Waals surface area contributed by atoms with Gasteiger partial charge in [-0.1, -0.05) is 5.16 Å². The zero-order valence-electron chi connectivity index (χ0n) is 11.2. The molecule has 0 aromatic carbocycles. The number of primary amides is 1. The van der Waals surface area contributed by atoms with Crippen molar-refractivity contribution >= 4 is 30.6 Å². The van der Waals surface area contributed by atoms with E-state index in [-0.39, 0.29) is 24.7 Å². The van der Waals surface area contributed by atoms with Crippen molar-refractivity contribution in [3.63, 3.8) is 0 Å². The maximum atomic E-state index is 11.9. The molecule has 2 rings (SSSR count). The molecule has 0 spiro atoms. The molecule has 2 atom stereocenters. The fourth-order valence-electron chi connectivity index (χ4n) is 2.13. The maximum Gasteiger partial charge on any atom is 0.345 e. The highest BCUT2D eigenvalue weighted by molar-refractivity contribution is 7.75. The molecule has 0 aliphatic carbocycles. The maximum absolute atomic E-state index is 11.9. The number of amides is 3. The summed E-state index contributed by atoms with van der Waals surface area (Å²) in [5.74, 6) is -0.602. The fraction of sp³-hybridized carbons (Fsp3) is 0.700. The Labute approximate surface area is 121 Å². The van der Waals surface area contributed by atoms with E-state index in [1.54, 1.807) is 4.90 Å². The summed E-state index contributed by atoms with van der Waals surface area (Å²) in [4.78, 5) is 28.9. The first-order valence-electron chi connectivity index (χ1n) is 5.87. The molecule has 9 nitrogen and oxygen atoms in total. The number of urea groups is 1. The number of thiol groups is 1. The molecule has 114 valence electrons. The predicted octanol–water partition coefficient (Wildman–Crippen LogP) is -0.872. The molecule has 0 radical (unpaired) electrons. The molecule has 3 N–H and O–H groups in total. The summed E-state index contributed by atoms with van der Waals surface area (Å²) in [6.07, 6.45) is 0.558. The summed E-state index contributed by atoms with van der Waals surface area (Å²) in [7, 11) is 1.00. The zero-order valence-corrected chi connectivity index (χ0v) is 12.1. The second-order valence-corrected chi connectivity index (χ2v) is 4.40. The van der Waals surface area contributed by atoms with Gasteiger partial charge in [0.15, 0.2) is 6.61 Å². The number of aliphatic hydroxyl groups excluding tert-OH is 1. The molecule has 2 aliphatic heterocycles. The Kier molecular flexibility index (Phi) is 6.05. The number of nitrogens with zero attached hydrogens (tertiary/aromatic N) is 3. The summed E-state index contributed by atoms with van der Waals surface area (Å²) in [6, 6.07) is -0.583. The summed E-state index contributed by atoms with van der Waals surface area (Å²) in [6.45, 7) is 2.09. The number of rotatable bonds is 4. The van der Waals surface area contributed by atoms with Gasteiger partial charge in [0, 0.05) is 32.5 Å². The van der Waals surface area contributed by atoms with Gasteiger partial charge in [-0.2, -0.15) is 5.06 Å². The molecular weight excluding hydrogens is 288 g/mol. The zero-order chi connectivity index (χ0) is 15.3. The van der Waals surface area contributed by atoms with Crippen LogP contribution in [0.3, 0.4) is 0 Å². The van der Waals surface area contributed by atoms with E-state index in [2.05, 4.69) is 18.1 Å². The first-order chi connectivity index (χ1) is 9.54. The number of aliphatic hydroxyl groups is 1. The van der Waals surface area contributed by atoms with E-state index in [9.17, 15) is 9.59 Å². The lowest BCUT2D eigenvalue weighted by molar-refractivity contribution is -0.122. The second kappa shape index (κ2) is 7.31. The largest absolute Gasteiger partial charge is 0.400 e. The Hall–Kier alpha value is -1.52. The third-order valence-electron chi connectivity index (χ3n) is 2.98. The Bertz CT molecular complexity index is 405. The molecule has 2 bridgehead atoms. The average Bonchev–Trinajstić information content (AvgIpc) is 2.72.